The van der Waals surface area contributed by atoms with Gasteiger partial charge in [0.05, 0.1) is 0 Å². The highest BCUT2D eigenvalue weighted by Crippen LogP contribution is 2.50. The summed E-state index contributed by atoms with van der Waals surface area (Å²) in [6.45, 7) is 0. The van der Waals surface area contributed by atoms with Gasteiger partial charge in [0.2, 0.25) is 0 Å². The lowest BCUT2D eigenvalue weighted by Crippen LogP contribution is -2.30. The molecule has 0 radical (unpaired) electrons. The molecule has 1 nitrogen and oxygen atoms in total. The quantitative estimate of drug-likeness (QED) is 0.838. The Balaban J connectivity index is 1.69. The summed E-state index contributed by atoms with van der Waals surface area (Å²) in [5.74, 6) is 1.10. The minimum Gasteiger partial charge on any atom is -0.316 e. The molecule has 0 aliphatic heterocycles. The number of rotatable bonds is 5. The molecular weight excluding hydrogens is 329 g/mol. The van der Waals surface area contributed by atoms with Crippen molar-refractivity contribution >= 4 is 15.9 Å². The lowest BCUT2D eigenvalue weighted by Gasteiger charge is -2.17. The molecule has 2 aromatic carbocycles. The maximum atomic E-state index is 13.5. The van der Waals surface area contributed by atoms with Crippen LogP contribution in [0.15, 0.2) is 53.0 Å². The SMILES string of the molecule is CNC(Cc1cc(F)cc(Br)c1)C1CC1c1ccccc1. The molecule has 2 aromatic rings. The number of halogens is 2. The average molecular weight is 348 g/mol. The summed E-state index contributed by atoms with van der Waals surface area (Å²) >= 11 is 3.37. The molecule has 1 N–H and O–H groups in total. The smallest absolute Gasteiger partial charge is 0.124 e. The Morgan fingerprint density at radius 1 is 1.24 bits per heavy atom. The molecule has 0 amide bonds. The molecule has 3 unspecified atom stereocenters. The Bertz CT molecular complexity index is 594. The van der Waals surface area contributed by atoms with Crippen LogP contribution in [0.25, 0.3) is 0 Å². The Kier molecular flexibility index (Phi) is 4.41. The van der Waals surface area contributed by atoms with E-state index in [9.17, 15) is 4.39 Å². The first-order valence-corrected chi connectivity index (χ1v) is 8.14. The van der Waals surface area contributed by atoms with Gasteiger partial charge in [-0.05, 0) is 61.1 Å². The van der Waals surface area contributed by atoms with E-state index in [4.69, 9.17) is 0 Å². The van der Waals surface area contributed by atoms with Gasteiger partial charge in [0.1, 0.15) is 5.82 Å². The van der Waals surface area contributed by atoms with Crippen molar-refractivity contribution < 1.29 is 4.39 Å². The van der Waals surface area contributed by atoms with Crippen LogP contribution in [0.5, 0.6) is 0 Å². The molecule has 0 aromatic heterocycles. The van der Waals surface area contributed by atoms with Gasteiger partial charge in [-0.3, -0.25) is 0 Å². The predicted octanol–water partition coefficient (Wildman–Crippen LogP) is 4.52. The van der Waals surface area contributed by atoms with Crippen LogP contribution >= 0.6 is 15.9 Å². The normalized spacial score (nSPS) is 22.0. The van der Waals surface area contributed by atoms with Crippen LogP contribution in [0.2, 0.25) is 0 Å². The largest absolute Gasteiger partial charge is 0.316 e. The van der Waals surface area contributed by atoms with Crippen molar-refractivity contribution in [2.75, 3.05) is 7.05 Å². The summed E-state index contributed by atoms with van der Waals surface area (Å²) in [5.41, 5.74) is 2.46. The van der Waals surface area contributed by atoms with Crippen molar-refractivity contribution in [3.8, 4) is 0 Å². The maximum absolute atomic E-state index is 13.5. The summed E-state index contributed by atoms with van der Waals surface area (Å²) in [6.07, 6.45) is 2.08. The second kappa shape index (κ2) is 6.29. The third-order valence-electron chi connectivity index (χ3n) is 4.33. The molecule has 3 heteroatoms. The fourth-order valence-corrected chi connectivity index (χ4v) is 3.71. The summed E-state index contributed by atoms with van der Waals surface area (Å²) in [4.78, 5) is 0. The maximum Gasteiger partial charge on any atom is 0.124 e. The lowest BCUT2D eigenvalue weighted by atomic mass is 9.99. The zero-order valence-corrected chi connectivity index (χ0v) is 13.6. The minimum absolute atomic E-state index is 0.176. The highest BCUT2D eigenvalue weighted by molar-refractivity contribution is 9.10. The van der Waals surface area contributed by atoms with Crippen LogP contribution in [-0.2, 0) is 6.42 Å². The molecule has 110 valence electrons. The molecule has 0 bridgehead atoms. The van der Waals surface area contributed by atoms with E-state index < -0.39 is 0 Å². The van der Waals surface area contributed by atoms with Gasteiger partial charge in [-0.1, -0.05) is 46.3 Å². The van der Waals surface area contributed by atoms with E-state index in [2.05, 4.69) is 51.6 Å². The van der Waals surface area contributed by atoms with Gasteiger partial charge >= 0.3 is 0 Å². The molecule has 0 spiro atoms. The summed E-state index contributed by atoms with van der Waals surface area (Å²) < 4.78 is 14.3. The molecule has 0 heterocycles. The van der Waals surface area contributed by atoms with E-state index in [0.29, 0.717) is 17.9 Å². The Hall–Kier alpha value is -1.19. The van der Waals surface area contributed by atoms with Crippen molar-refractivity contribution in [2.24, 2.45) is 5.92 Å². The number of hydrogen-bond acceptors (Lipinski definition) is 1. The van der Waals surface area contributed by atoms with Crippen LogP contribution in [-0.4, -0.2) is 13.1 Å². The van der Waals surface area contributed by atoms with Gasteiger partial charge in [-0.25, -0.2) is 4.39 Å². The third kappa shape index (κ3) is 3.53. The van der Waals surface area contributed by atoms with Crippen LogP contribution in [0, 0.1) is 11.7 Å². The van der Waals surface area contributed by atoms with Crippen molar-refractivity contribution in [1.29, 1.82) is 0 Å². The molecule has 3 atom stereocenters. The van der Waals surface area contributed by atoms with Crippen LogP contribution in [0.1, 0.15) is 23.5 Å². The first-order chi connectivity index (χ1) is 10.2. The lowest BCUT2D eigenvalue weighted by molar-refractivity contribution is 0.489. The van der Waals surface area contributed by atoms with Crippen molar-refractivity contribution in [1.82, 2.24) is 5.32 Å². The highest BCUT2D eigenvalue weighted by Gasteiger charge is 2.43. The zero-order valence-electron chi connectivity index (χ0n) is 12.0. The van der Waals surface area contributed by atoms with Crippen LogP contribution in [0.3, 0.4) is 0 Å². The van der Waals surface area contributed by atoms with Crippen molar-refractivity contribution in [3.63, 3.8) is 0 Å². The second-order valence-electron chi connectivity index (χ2n) is 5.79. The fourth-order valence-electron chi connectivity index (χ4n) is 3.19. The topological polar surface area (TPSA) is 12.0 Å². The zero-order chi connectivity index (χ0) is 14.8. The molecule has 0 saturated heterocycles. The van der Waals surface area contributed by atoms with Gasteiger partial charge in [-0.2, -0.15) is 0 Å². The van der Waals surface area contributed by atoms with Gasteiger partial charge in [0.15, 0.2) is 0 Å². The first kappa shape index (κ1) is 14.7. The van der Waals surface area contributed by atoms with Crippen LogP contribution < -0.4 is 5.32 Å². The van der Waals surface area contributed by atoms with E-state index >= 15 is 0 Å². The molecule has 1 aliphatic rings. The van der Waals surface area contributed by atoms with E-state index in [-0.39, 0.29) is 5.82 Å². The number of likely N-dealkylation sites (N-methyl/N-ethyl adjacent to an activating group) is 1. The molecule has 1 aliphatic carbocycles. The van der Waals surface area contributed by atoms with E-state index in [0.717, 1.165) is 16.5 Å². The minimum atomic E-state index is -0.176. The third-order valence-corrected chi connectivity index (χ3v) is 4.79. The monoisotopic (exact) mass is 347 g/mol. The number of benzene rings is 2. The number of hydrogen-bond donors (Lipinski definition) is 1. The molecular formula is C18H19BrFN. The van der Waals surface area contributed by atoms with E-state index in [1.807, 2.05) is 13.1 Å². The van der Waals surface area contributed by atoms with E-state index in [1.54, 1.807) is 6.07 Å². The standard InChI is InChI=1S/C18H19BrFN/c1-21-18(9-12-7-14(19)10-15(20)8-12)17-11-16(17)13-5-3-2-4-6-13/h2-8,10,16-18,21H,9,11H2,1H3. The van der Waals surface area contributed by atoms with Gasteiger partial charge in [0.25, 0.3) is 0 Å². The Morgan fingerprint density at radius 3 is 2.67 bits per heavy atom. The van der Waals surface area contributed by atoms with E-state index in [1.165, 1.54) is 18.1 Å². The Morgan fingerprint density at radius 2 is 2.00 bits per heavy atom. The fraction of sp³-hybridized carbons (Fsp3) is 0.333. The second-order valence-corrected chi connectivity index (χ2v) is 6.71. The summed E-state index contributed by atoms with van der Waals surface area (Å²) in [6, 6.07) is 16.2. The van der Waals surface area contributed by atoms with Crippen molar-refractivity contribution in [2.45, 2.75) is 24.8 Å². The average Bonchev–Trinajstić information content (AvgIpc) is 3.25. The summed E-state index contributed by atoms with van der Waals surface area (Å²) in [7, 11) is 2.00. The predicted molar refractivity (Wildman–Crippen MR) is 87.9 cm³/mol. The molecule has 1 fully saturated rings. The first-order valence-electron chi connectivity index (χ1n) is 7.34. The van der Waals surface area contributed by atoms with Gasteiger partial charge in [0, 0.05) is 10.5 Å². The Labute approximate surface area is 133 Å². The molecule has 21 heavy (non-hydrogen) atoms. The van der Waals surface area contributed by atoms with Gasteiger partial charge < -0.3 is 5.32 Å². The highest BCUT2D eigenvalue weighted by atomic mass is 79.9. The summed E-state index contributed by atoms with van der Waals surface area (Å²) in [5, 5.41) is 3.41. The van der Waals surface area contributed by atoms with Gasteiger partial charge in [-0.15, -0.1) is 0 Å². The number of nitrogens with one attached hydrogen (secondary N) is 1. The van der Waals surface area contributed by atoms with Crippen molar-refractivity contribution in [3.05, 3.63) is 69.9 Å². The molecule has 1 saturated carbocycles. The molecule has 3 rings (SSSR count). The van der Waals surface area contributed by atoms with Crippen LogP contribution in [0.4, 0.5) is 4.39 Å².